The van der Waals surface area contributed by atoms with Crippen molar-refractivity contribution in [3.8, 4) is 5.75 Å². The Morgan fingerprint density at radius 2 is 1.90 bits per heavy atom. The SMILES string of the molecule is NS(=O)(=O)Oc1ccc2c(c1)NC(c1ccccc1)CC2. The molecule has 1 atom stereocenters. The molecular formula is C15H16N2O3S. The first-order valence-electron chi connectivity index (χ1n) is 6.68. The Bertz CT molecular complexity index is 745. The summed E-state index contributed by atoms with van der Waals surface area (Å²) in [6.07, 6.45) is 1.92. The lowest BCUT2D eigenvalue weighted by Crippen LogP contribution is -2.20. The summed E-state index contributed by atoms with van der Waals surface area (Å²) in [4.78, 5) is 0. The molecule has 0 amide bonds. The number of anilines is 1. The molecule has 0 fully saturated rings. The largest absolute Gasteiger partial charge is 0.380 e. The standard InChI is InChI=1S/C15H16N2O3S/c16-21(18,19)20-13-8-6-12-7-9-14(17-15(12)10-13)11-4-2-1-3-5-11/h1-6,8,10,14,17H,7,9H2,(H2,16,18,19). The normalized spacial score (nSPS) is 17.7. The Kier molecular flexibility index (Phi) is 3.57. The maximum Gasteiger partial charge on any atom is 0.380 e. The third-order valence-corrected chi connectivity index (χ3v) is 3.95. The van der Waals surface area contributed by atoms with E-state index in [4.69, 9.17) is 9.32 Å². The maximum absolute atomic E-state index is 11.0. The van der Waals surface area contributed by atoms with Crippen molar-refractivity contribution in [2.45, 2.75) is 18.9 Å². The van der Waals surface area contributed by atoms with Gasteiger partial charge in [0.05, 0.1) is 6.04 Å². The lowest BCUT2D eigenvalue weighted by molar-refractivity contribution is 0.487. The van der Waals surface area contributed by atoms with Crippen LogP contribution in [0.1, 0.15) is 23.6 Å². The van der Waals surface area contributed by atoms with Gasteiger partial charge in [-0.2, -0.15) is 13.6 Å². The highest BCUT2D eigenvalue weighted by molar-refractivity contribution is 7.84. The molecule has 0 saturated carbocycles. The average molecular weight is 304 g/mol. The van der Waals surface area contributed by atoms with Crippen LogP contribution in [0, 0.1) is 0 Å². The molecule has 0 aliphatic carbocycles. The Balaban J connectivity index is 1.86. The highest BCUT2D eigenvalue weighted by Gasteiger charge is 2.20. The zero-order valence-corrected chi connectivity index (χ0v) is 12.1. The number of hydrogen-bond acceptors (Lipinski definition) is 4. The van der Waals surface area contributed by atoms with E-state index in [1.165, 1.54) is 5.56 Å². The molecule has 0 saturated heterocycles. The van der Waals surface area contributed by atoms with Crippen molar-refractivity contribution < 1.29 is 12.6 Å². The lowest BCUT2D eigenvalue weighted by atomic mass is 9.93. The number of fused-ring (bicyclic) bond motifs is 1. The Hall–Kier alpha value is -2.05. The van der Waals surface area contributed by atoms with Crippen molar-refractivity contribution in [3.05, 3.63) is 59.7 Å². The fourth-order valence-corrected chi connectivity index (χ4v) is 2.96. The minimum Gasteiger partial charge on any atom is -0.378 e. The van der Waals surface area contributed by atoms with Crippen LogP contribution in [0.15, 0.2) is 48.5 Å². The molecule has 2 aromatic carbocycles. The van der Waals surface area contributed by atoms with Crippen LogP contribution in [0.5, 0.6) is 5.75 Å². The molecule has 3 rings (SSSR count). The van der Waals surface area contributed by atoms with Gasteiger partial charge in [-0.1, -0.05) is 36.4 Å². The molecule has 1 heterocycles. The van der Waals surface area contributed by atoms with Crippen LogP contribution in [0.25, 0.3) is 0 Å². The number of nitrogens with two attached hydrogens (primary N) is 1. The molecular weight excluding hydrogens is 288 g/mol. The van der Waals surface area contributed by atoms with Crippen molar-refractivity contribution in [2.24, 2.45) is 5.14 Å². The number of benzene rings is 2. The highest BCUT2D eigenvalue weighted by Crippen LogP contribution is 2.34. The number of aryl methyl sites for hydroxylation is 1. The Labute approximate surface area is 124 Å². The first-order chi connectivity index (χ1) is 10.0. The van der Waals surface area contributed by atoms with Gasteiger partial charge in [-0.25, -0.2) is 0 Å². The van der Waals surface area contributed by atoms with E-state index in [0.29, 0.717) is 0 Å². The molecule has 110 valence electrons. The summed E-state index contributed by atoms with van der Waals surface area (Å²) < 4.78 is 26.7. The molecule has 0 spiro atoms. The van der Waals surface area contributed by atoms with Gasteiger partial charge >= 0.3 is 10.3 Å². The van der Waals surface area contributed by atoms with Crippen molar-refractivity contribution >= 4 is 16.0 Å². The molecule has 3 N–H and O–H groups in total. The fraction of sp³-hybridized carbons (Fsp3) is 0.200. The smallest absolute Gasteiger partial charge is 0.378 e. The minimum absolute atomic E-state index is 0.212. The second-order valence-electron chi connectivity index (χ2n) is 5.04. The van der Waals surface area contributed by atoms with Gasteiger partial charge in [0.2, 0.25) is 0 Å². The van der Waals surface area contributed by atoms with Crippen molar-refractivity contribution in [2.75, 3.05) is 5.32 Å². The molecule has 21 heavy (non-hydrogen) atoms. The second-order valence-corrected chi connectivity index (χ2v) is 6.19. The van der Waals surface area contributed by atoms with Crippen molar-refractivity contribution in [1.29, 1.82) is 0 Å². The number of hydrogen-bond donors (Lipinski definition) is 2. The molecule has 2 aromatic rings. The van der Waals surface area contributed by atoms with Crippen LogP contribution in [0.2, 0.25) is 0 Å². The molecule has 0 bridgehead atoms. The molecule has 1 unspecified atom stereocenters. The van der Waals surface area contributed by atoms with Gasteiger partial charge in [-0.3, -0.25) is 0 Å². The van der Waals surface area contributed by atoms with Crippen LogP contribution < -0.4 is 14.6 Å². The predicted molar refractivity (Wildman–Crippen MR) is 81.3 cm³/mol. The Morgan fingerprint density at radius 3 is 2.62 bits per heavy atom. The van der Waals surface area contributed by atoms with Gasteiger partial charge in [-0.15, -0.1) is 0 Å². The van der Waals surface area contributed by atoms with Crippen molar-refractivity contribution in [1.82, 2.24) is 0 Å². The summed E-state index contributed by atoms with van der Waals surface area (Å²) in [6, 6.07) is 15.5. The van der Waals surface area contributed by atoms with Crippen LogP contribution in [0.3, 0.4) is 0 Å². The molecule has 5 nitrogen and oxygen atoms in total. The molecule has 0 aromatic heterocycles. The van der Waals surface area contributed by atoms with E-state index in [1.54, 1.807) is 12.1 Å². The fourth-order valence-electron chi connectivity index (χ4n) is 2.59. The first kappa shape index (κ1) is 13.9. The van der Waals surface area contributed by atoms with Crippen molar-refractivity contribution in [3.63, 3.8) is 0 Å². The van der Waals surface area contributed by atoms with E-state index in [2.05, 4.69) is 17.4 Å². The number of rotatable bonds is 3. The van der Waals surface area contributed by atoms with Gasteiger partial charge < -0.3 is 9.50 Å². The third kappa shape index (κ3) is 3.34. The summed E-state index contributed by atoms with van der Waals surface area (Å²) in [6.45, 7) is 0. The quantitative estimate of drug-likeness (QED) is 0.912. The van der Waals surface area contributed by atoms with Crippen LogP contribution in [-0.4, -0.2) is 8.42 Å². The lowest BCUT2D eigenvalue weighted by Gasteiger charge is -2.27. The monoisotopic (exact) mass is 304 g/mol. The van der Waals surface area contributed by atoms with E-state index in [0.717, 1.165) is 24.1 Å². The van der Waals surface area contributed by atoms with E-state index >= 15 is 0 Å². The van der Waals surface area contributed by atoms with E-state index in [1.807, 2.05) is 24.3 Å². The van der Waals surface area contributed by atoms with Gasteiger partial charge in [-0.05, 0) is 30.0 Å². The molecule has 6 heteroatoms. The van der Waals surface area contributed by atoms with Gasteiger partial charge in [0.25, 0.3) is 0 Å². The summed E-state index contributed by atoms with van der Waals surface area (Å²) in [5.41, 5.74) is 3.24. The topological polar surface area (TPSA) is 81.4 Å². The summed E-state index contributed by atoms with van der Waals surface area (Å²) in [7, 11) is -4.00. The van der Waals surface area contributed by atoms with E-state index in [9.17, 15) is 8.42 Å². The molecule has 1 aliphatic rings. The van der Waals surface area contributed by atoms with Crippen LogP contribution in [-0.2, 0) is 16.7 Å². The summed E-state index contributed by atoms with van der Waals surface area (Å²) >= 11 is 0. The minimum atomic E-state index is -4.00. The van der Waals surface area contributed by atoms with E-state index in [-0.39, 0.29) is 11.8 Å². The first-order valence-corrected chi connectivity index (χ1v) is 8.15. The Morgan fingerprint density at radius 1 is 1.14 bits per heavy atom. The van der Waals surface area contributed by atoms with Gasteiger partial charge in [0, 0.05) is 11.8 Å². The van der Waals surface area contributed by atoms with E-state index < -0.39 is 10.3 Å². The maximum atomic E-state index is 11.0. The van der Waals surface area contributed by atoms with Gasteiger partial charge in [0.1, 0.15) is 5.75 Å². The molecule has 1 aliphatic heterocycles. The third-order valence-electron chi connectivity index (χ3n) is 3.53. The van der Waals surface area contributed by atoms with Gasteiger partial charge in [0.15, 0.2) is 0 Å². The molecule has 0 radical (unpaired) electrons. The predicted octanol–water partition coefficient (Wildman–Crippen LogP) is 2.37. The highest BCUT2D eigenvalue weighted by atomic mass is 32.2. The zero-order valence-electron chi connectivity index (χ0n) is 11.3. The van der Waals surface area contributed by atoms with Crippen LogP contribution >= 0.6 is 0 Å². The summed E-state index contributed by atoms with van der Waals surface area (Å²) in [5.74, 6) is 0.220. The van der Waals surface area contributed by atoms with Crippen LogP contribution in [0.4, 0.5) is 5.69 Å². The zero-order chi connectivity index (χ0) is 14.9. The summed E-state index contributed by atoms with van der Waals surface area (Å²) in [5, 5.41) is 8.32. The average Bonchev–Trinajstić information content (AvgIpc) is 2.46. The second kappa shape index (κ2) is 5.38. The number of nitrogens with one attached hydrogen (secondary N) is 1.